The van der Waals surface area contributed by atoms with Crippen molar-refractivity contribution in [2.24, 2.45) is 0 Å². The second kappa shape index (κ2) is 8.27. The summed E-state index contributed by atoms with van der Waals surface area (Å²) in [6.45, 7) is 4.42. The van der Waals surface area contributed by atoms with Gasteiger partial charge in [-0.25, -0.2) is 0 Å². The average molecular weight is 342 g/mol. The predicted molar refractivity (Wildman–Crippen MR) is 96.0 cm³/mol. The Bertz CT molecular complexity index is 651. The molecule has 1 saturated heterocycles. The summed E-state index contributed by atoms with van der Waals surface area (Å²) < 4.78 is 7.17. The van der Waals surface area contributed by atoms with Crippen molar-refractivity contribution in [2.75, 3.05) is 19.8 Å². The number of carbonyl (C=O) groups is 1. The van der Waals surface area contributed by atoms with Gasteiger partial charge in [0.1, 0.15) is 6.54 Å². The number of aromatic nitrogens is 2. The Hall–Kier alpha value is -2.18. The topological polar surface area (TPSA) is 68.2 Å². The van der Waals surface area contributed by atoms with Crippen LogP contribution in [0.25, 0.3) is 0 Å². The van der Waals surface area contributed by atoms with Gasteiger partial charge in [-0.15, -0.1) is 0 Å². The molecule has 0 spiro atoms. The van der Waals surface area contributed by atoms with Gasteiger partial charge in [0.15, 0.2) is 0 Å². The number of nitrogens with one attached hydrogen (secondary N) is 2. The molecule has 1 fully saturated rings. The van der Waals surface area contributed by atoms with Crippen LogP contribution in [-0.4, -0.2) is 41.0 Å². The SMILES string of the molecule is C[C@@H](NC1(CNC(=O)Cn2cccn2)CCOCC1)c1ccccc1. The molecule has 25 heavy (non-hydrogen) atoms. The molecular weight excluding hydrogens is 316 g/mol. The zero-order valence-corrected chi connectivity index (χ0v) is 14.6. The maximum atomic E-state index is 12.2. The normalized spacial score (nSPS) is 17.8. The van der Waals surface area contributed by atoms with E-state index < -0.39 is 0 Å². The lowest BCUT2D eigenvalue weighted by atomic mass is 9.88. The first-order valence-electron chi connectivity index (χ1n) is 8.81. The Labute approximate surface area is 148 Å². The van der Waals surface area contributed by atoms with E-state index in [9.17, 15) is 4.79 Å². The summed E-state index contributed by atoms with van der Waals surface area (Å²) in [6, 6.07) is 12.4. The lowest BCUT2D eigenvalue weighted by Crippen LogP contribution is -2.57. The summed E-state index contributed by atoms with van der Waals surface area (Å²) in [4.78, 5) is 12.2. The molecule has 134 valence electrons. The van der Waals surface area contributed by atoms with Crippen molar-refractivity contribution < 1.29 is 9.53 Å². The number of carbonyl (C=O) groups excluding carboxylic acids is 1. The van der Waals surface area contributed by atoms with Crippen LogP contribution in [0.4, 0.5) is 0 Å². The van der Waals surface area contributed by atoms with Crippen LogP contribution >= 0.6 is 0 Å². The van der Waals surface area contributed by atoms with Crippen LogP contribution in [0.3, 0.4) is 0 Å². The highest BCUT2D eigenvalue weighted by Gasteiger charge is 2.34. The quantitative estimate of drug-likeness (QED) is 0.806. The number of nitrogens with zero attached hydrogens (tertiary/aromatic N) is 2. The standard InChI is InChI=1S/C19H26N4O2/c1-16(17-6-3-2-4-7-17)22-19(8-12-25-13-9-19)15-20-18(24)14-23-11-5-10-21-23/h2-7,10-11,16,22H,8-9,12-15H2,1H3,(H,20,24)/t16-/m1/s1. The molecule has 0 aliphatic carbocycles. The summed E-state index contributed by atoms with van der Waals surface area (Å²) >= 11 is 0. The predicted octanol–water partition coefficient (Wildman–Crippen LogP) is 1.90. The molecule has 1 amide bonds. The molecule has 0 radical (unpaired) electrons. The van der Waals surface area contributed by atoms with Crippen molar-refractivity contribution in [3.05, 3.63) is 54.4 Å². The van der Waals surface area contributed by atoms with E-state index in [4.69, 9.17) is 4.74 Å². The van der Waals surface area contributed by atoms with Gasteiger partial charge in [0, 0.05) is 43.7 Å². The Morgan fingerprint density at radius 2 is 2.04 bits per heavy atom. The van der Waals surface area contributed by atoms with E-state index >= 15 is 0 Å². The molecule has 1 aliphatic rings. The van der Waals surface area contributed by atoms with Crippen LogP contribution in [0.15, 0.2) is 48.8 Å². The molecule has 3 rings (SSSR count). The van der Waals surface area contributed by atoms with Crippen LogP contribution in [0, 0.1) is 0 Å². The second-order valence-electron chi connectivity index (χ2n) is 6.65. The van der Waals surface area contributed by atoms with Crippen LogP contribution < -0.4 is 10.6 Å². The molecule has 6 nitrogen and oxygen atoms in total. The highest BCUT2D eigenvalue weighted by atomic mass is 16.5. The largest absolute Gasteiger partial charge is 0.381 e. The molecule has 1 aromatic carbocycles. The Morgan fingerprint density at radius 3 is 2.72 bits per heavy atom. The van der Waals surface area contributed by atoms with E-state index in [-0.39, 0.29) is 24.0 Å². The van der Waals surface area contributed by atoms with E-state index in [0.717, 1.165) is 12.8 Å². The van der Waals surface area contributed by atoms with Crippen molar-refractivity contribution in [1.82, 2.24) is 20.4 Å². The van der Waals surface area contributed by atoms with Crippen molar-refractivity contribution >= 4 is 5.91 Å². The van der Waals surface area contributed by atoms with Gasteiger partial charge in [-0.2, -0.15) is 5.10 Å². The van der Waals surface area contributed by atoms with Crippen molar-refractivity contribution in [2.45, 2.75) is 37.9 Å². The molecule has 1 aromatic heterocycles. The molecule has 1 aliphatic heterocycles. The van der Waals surface area contributed by atoms with Gasteiger partial charge in [0.2, 0.25) is 5.91 Å². The maximum absolute atomic E-state index is 12.2. The average Bonchev–Trinajstić information content (AvgIpc) is 3.15. The molecule has 6 heteroatoms. The van der Waals surface area contributed by atoms with Gasteiger partial charge in [0.05, 0.1) is 0 Å². The zero-order chi connectivity index (χ0) is 17.5. The molecule has 2 N–H and O–H groups in total. The summed E-state index contributed by atoms with van der Waals surface area (Å²) in [5.74, 6) is -0.0243. The lowest BCUT2D eigenvalue weighted by Gasteiger charge is -2.40. The monoisotopic (exact) mass is 342 g/mol. The first-order chi connectivity index (χ1) is 12.2. The Balaban J connectivity index is 1.61. The number of amides is 1. The highest BCUT2D eigenvalue weighted by Crippen LogP contribution is 2.25. The van der Waals surface area contributed by atoms with Gasteiger partial charge in [-0.3, -0.25) is 9.48 Å². The first kappa shape index (κ1) is 17.6. The molecule has 0 saturated carbocycles. The van der Waals surface area contributed by atoms with Gasteiger partial charge in [-0.1, -0.05) is 30.3 Å². The van der Waals surface area contributed by atoms with Gasteiger partial charge in [-0.05, 0) is 31.4 Å². The van der Waals surface area contributed by atoms with E-state index in [2.05, 4.69) is 46.9 Å². The summed E-state index contributed by atoms with van der Waals surface area (Å²) in [7, 11) is 0. The van der Waals surface area contributed by atoms with E-state index in [1.165, 1.54) is 5.56 Å². The Morgan fingerprint density at radius 1 is 1.28 bits per heavy atom. The van der Waals surface area contributed by atoms with Crippen LogP contribution in [-0.2, 0) is 16.1 Å². The minimum atomic E-state index is -0.146. The first-order valence-corrected chi connectivity index (χ1v) is 8.81. The van der Waals surface area contributed by atoms with E-state index in [0.29, 0.717) is 19.8 Å². The van der Waals surface area contributed by atoms with Gasteiger partial charge in [0.25, 0.3) is 0 Å². The van der Waals surface area contributed by atoms with Crippen molar-refractivity contribution in [3.63, 3.8) is 0 Å². The molecular formula is C19H26N4O2. The molecule has 0 unspecified atom stereocenters. The second-order valence-corrected chi connectivity index (χ2v) is 6.65. The van der Waals surface area contributed by atoms with Crippen LogP contribution in [0.1, 0.15) is 31.4 Å². The number of hydrogen-bond acceptors (Lipinski definition) is 4. The fourth-order valence-corrected chi connectivity index (χ4v) is 3.28. The Kier molecular flexibility index (Phi) is 5.83. The maximum Gasteiger partial charge on any atom is 0.241 e. The van der Waals surface area contributed by atoms with Gasteiger partial charge < -0.3 is 15.4 Å². The third-order valence-electron chi connectivity index (χ3n) is 4.76. The third kappa shape index (κ3) is 4.90. The fraction of sp³-hybridized carbons (Fsp3) is 0.474. The molecule has 2 aromatic rings. The smallest absolute Gasteiger partial charge is 0.241 e. The number of ether oxygens (including phenoxy) is 1. The van der Waals surface area contributed by atoms with Crippen LogP contribution in [0.5, 0.6) is 0 Å². The molecule has 1 atom stereocenters. The highest BCUT2D eigenvalue weighted by molar-refractivity contribution is 5.75. The molecule has 0 bridgehead atoms. The van der Waals surface area contributed by atoms with E-state index in [1.807, 2.05) is 12.1 Å². The third-order valence-corrected chi connectivity index (χ3v) is 4.76. The summed E-state index contributed by atoms with van der Waals surface area (Å²) in [5, 5.41) is 10.9. The minimum absolute atomic E-state index is 0.0243. The lowest BCUT2D eigenvalue weighted by molar-refractivity contribution is -0.122. The van der Waals surface area contributed by atoms with Gasteiger partial charge >= 0.3 is 0 Å². The summed E-state index contributed by atoms with van der Waals surface area (Å²) in [6.07, 6.45) is 5.23. The minimum Gasteiger partial charge on any atom is -0.381 e. The van der Waals surface area contributed by atoms with Crippen LogP contribution in [0.2, 0.25) is 0 Å². The number of hydrogen-bond donors (Lipinski definition) is 2. The van der Waals surface area contributed by atoms with Crippen molar-refractivity contribution in [1.29, 1.82) is 0 Å². The van der Waals surface area contributed by atoms with E-state index in [1.54, 1.807) is 17.1 Å². The van der Waals surface area contributed by atoms with Crippen molar-refractivity contribution in [3.8, 4) is 0 Å². The zero-order valence-electron chi connectivity index (χ0n) is 14.6. The molecule has 2 heterocycles. The summed E-state index contributed by atoms with van der Waals surface area (Å²) in [5.41, 5.74) is 1.10. The number of benzene rings is 1. The fourth-order valence-electron chi connectivity index (χ4n) is 3.28. The number of rotatable bonds is 7.